The summed E-state index contributed by atoms with van der Waals surface area (Å²) in [6.07, 6.45) is 5.05. The van der Waals surface area contributed by atoms with Crippen LogP contribution in [-0.4, -0.2) is 52.2 Å². The van der Waals surface area contributed by atoms with Gasteiger partial charge in [0.25, 0.3) is 0 Å². The van der Waals surface area contributed by atoms with Crippen molar-refractivity contribution < 1.29 is 18.3 Å². The number of rotatable bonds is 7. The predicted octanol–water partition coefficient (Wildman–Crippen LogP) is 6.20. The number of amides is 1. The van der Waals surface area contributed by atoms with Gasteiger partial charge in [0, 0.05) is 61.2 Å². The zero-order chi connectivity index (χ0) is 29.4. The van der Waals surface area contributed by atoms with Crippen LogP contribution in [0.1, 0.15) is 38.7 Å². The molecular formula is C32H34F2N6O2. The Balaban J connectivity index is 1.34. The second-order valence-corrected chi connectivity index (χ2v) is 11.4. The average Bonchev–Trinajstić information content (AvgIpc) is 3.34. The van der Waals surface area contributed by atoms with Crippen LogP contribution in [0.25, 0.3) is 22.0 Å². The number of hydrogen-bond donors (Lipinski definition) is 2. The van der Waals surface area contributed by atoms with E-state index >= 15 is 4.39 Å². The Morgan fingerprint density at radius 2 is 1.98 bits per heavy atom. The minimum atomic E-state index is -1.31. The number of benzene rings is 2. The van der Waals surface area contributed by atoms with Gasteiger partial charge in [-0.3, -0.25) is 4.79 Å². The summed E-state index contributed by atoms with van der Waals surface area (Å²) in [5.41, 5.74) is 1.03. The molecule has 2 aliphatic heterocycles. The quantitative estimate of drug-likeness (QED) is 0.273. The SMILES string of the molecule is CCC1CCN(c2c(F)ccc3c(Oc4ncccc4-c4ccnc(N[C@@H]5CNC[C@@](C)(F)C5)n4)c(C)ccc23)C1=O. The third kappa shape index (κ3) is 5.38. The van der Waals surface area contributed by atoms with Crippen molar-refractivity contribution >= 4 is 28.3 Å². The number of nitrogens with one attached hydrogen (secondary N) is 2. The number of aromatic nitrogens is 3. The molecule has 0 aliphatic carbocycles. The molecule has 42 heavy (non-hydrogen) atoms. The van der Waals surface area contributed by atoms with Crippen molar-refractivity contribution in [3.8, 4) is 22.9 Å². The van der Waals surface area contributed by atoms with E-state index in [1.54, 1.807) is 42.4 Å². The molecule has 1 amide bonds. The number of anilines is 2. The van der Waals surface area contributed by atoms with Gasteiger partial charge in [-0.05, 0) is 62.6 Å². The summed E-state index contributed by atoms with van der Waals surface area (Å²) in [7, 11) is 0. The van der Waals surface area contributed by atoms with Gasteiger partial charge in [0.15, 0.2) is 0 Å². The Morgan fingerprint density at radius 3 is 2.76 bits per heavy atom. The Bertz CT molecular complexity index is 1650. The van der Waals surface area contributed by atoms with Crippen LogP contribution in [0.3, 0.4) is 0 Å². The fraction of sp³-hybridized carbons (Fsp3) is 0.375. The summed E-state index contributed by atoms with van der Waals surface area (Å²) >= 11 is 0. The molecule has 4 heterocycles. The zero-order valence-corrected chi connectivity index (χ0v) is 24.0. The Hall–Kier alpha value is -4.18. The Kier molecular flexibility index (Phi) is 7.49. The summed E-state index contributed by atoms with van der Waals surface area (Å²) in [5.74, 6) is 0.641. The van der Waals surface area contributed by atoms with Crippen LogP contribution >= 0.6 is 0 Å². The van der Waals surface area contributed by atoms with Crippen LogP contribution in [0.5, 0.6) is 11.6 Å². The topological polar surface area (TPSA) is 92.3 Å². The van der Waals surface area contributed by atoms with Crippen molar-refractivity contribution in [1.29, 1.82) is 0 Å². The molecule has 1 unspecified atom stereocenters. The molecule has 3 atom stereocenters. The number of nitrogens with zero attached hydrogens (tertiary/aromatic N) is 4. The van der Waals surface area contributed by atoms with E-state index in [2.05, 4.69) is 25.6 Å². The van der Waals surface area contributed by atoms with Gasteiger partial charge in [-0.2, -0.15) is 0 Å². The molecule has 2 fully saturated rings. The molecule has 218 valence electrons. The maximum Gasteiger partial charge on any atom is 0.230 e. The molecule has 10 heteroatoms. The van der Waals surface area contributed by atoms with Crippen LogP contribution in [0.2, 0.25) is 0 Å². The monoisotopic (exact) mass is 572 g/mol. The first-order chi connectivity index (χ1) is 20.2. The third-order valence-electron chi connectivity index (χ3n) is 8.14. The summed E-state index contributed by atoms with van der Waals surface area (Å²) < 4.78 is 36.3. The maximum atomic E-state index is 15.3. The van der Waals surface area contributed by atoms with Gasteiger partial charge in [-0.1, -0.05) is 19.1 Å². The molecule has 4 aromatic rings. The molecule has 8 nitrogen and oxygen atoms in total. The van der Waals surface area contributed by atoms with Gasteiger partial charge >= 0.3 is 0 Å². The van der Waals surface area contributed by atoms with Crippen LogP contribution in [-0.2, 0) is 4.79 Å². The Morgan fingerprint density at radius 1 is 1.14 bits per heavy atom. The standard InChI is InChI=1S/C32H34F2N6O2/c1-4-20-12-15-40(30(20)41)27-22-8-7-19(2)28(23(22)9-10-25(27)33)42-29-24(6-5-13-36-29)26-11-14-37-31(39-26)38-21-16-32(3,34)18-35-17-21/h5-11,13-14,20-21,35H,4,12,15-18H2,1-3H3,(H,37,38,39)/t20?,21-,32-/m0/s1. The van der Waals surface area contributed by atoms with E-state index in [4.69, 9.17) is 4.74 Å². The van der Waals surface area contributed by atoms with Gasteiger partial charge in [0.2, 0.25) is 17.7 Å². The lowest BCUT2D eigenvalue weighted by atomic mass is 9.95. The summed E-state index contributed by atoms with van der Waals surface area (Å²) in [5, 5.41) is 7.64. The van der Waals surface area contributed by atoms with E-state index < -0.39 is 11.5 Å². The van der Waals surface area contributed by atoms with Crippen molar-refractivity contribution in [3.63, 3.8) is 0 Å². The van der Waals surface area contributed by atoms with Gasteiger partial charge < -0.3 is 20.3 Å². The molecule has 2 aliphatic rings. The second kappa shape index (κ2) is 11.2. The van der Waals surface area contributed by atoms with E-state index in [1.165, 1.54) is 6.07 Å². The third-order valence-corrected chi connectivity index (χ3v) is 8.14. The second-order valence-electron chi connectivity index (χ2n) is 11.4. The molecule has 0 radical (unpaired) electrons. The highest BCUT2D eigenvalue weighted by molar-refractivity contribution is 6.07. The van der Waals surface area contributed by atoms with Gasteiger partial charge in [-0.15, -0.1) is 0 Å². The highest BCUT2D eigenvalue weighted by Gasteiger charge is 2.34. The van der Waals surface area contributed by atoms with Crippen molar-refractivity contribution in [2.45, 2.75) is 51.7 Å². The van der Waals surface area contributed by atoms with Crippen LogP contribution in [0, 0.1) is 18.7 Å². The lowest BCUT2D eigenvalue weighted by molar-refractivity contribution is -0.120. The molecule has 0 bridgehead atoms. The minimum Gasteiger partial charge on any atom is -0.437 e. The van der Waals surface area contributed by atoms with E-state index in [9.17, 15) is 9.18 Å². The number of ether oxygens (including phenoxy) is 1. The zero-order valence-electron chi connectivity index (χ0n) is 24.0. The predicted molar refractivity (Wildman–Crippen MR) is 159 cm³/mol. The molecule has 2 aromatic heterocycles. The first-order valence-electron chi connectivity index (χ1n) is 14.4. The number of fused-ring (bicyclic) bond motifs is 1. The number of alkyl halides is 1. The Labute approximate surface area is 243 Å². The van der Waals surface area contributed by atoms with E-state index in [-0.39, 0.29) is 23.6 Å². The maximum absolute atomic E-state index is 15.3. The first-order valence-corrected chi connectivity index (χ1v) is 14.4. The smallest absolute Gasteiger partial charge is 0.230 e. The van der Waals surface area contributed by atoms with E-state index in [1.807, 2.05) is 32.0 Å². The molecular weight excluding hydrogens is 538 g/mol. The molecule has 0 spiro atoms. The highest BCUT2D eigenvalue weighted by atomic mass is 19.1. The number of hydrogen-bond acceptors (Lipinski definition) is 7. The molecule has 0 saturated carbocycles. The fourth-order valence-electron chi connectivity index (χ4n) is 5.99. The van der Waals surface area contributed by atoms with Gasteiger partial charge in [0.05, 0.1) is 16.9 Å². The van der Waals surface area contributed by atoms with E-state index in [0.717, 1.165) is 12.0 Å². The summed E-state index contributed by atoms with van der Waals surface area (Å²) in [4.78, 5) is 28.2. The number of carbonyl (C=O) groups is 1. The number of carbonyl (C=O) groups excluding carboxylic acids is 1. The van der Waals surface area contributed by atoms with Crippen molar-refractivity contribution in [2.24, 2.45) is 5.92 Å². The average molecular weight is 573 g/mol. The number of pyridine rings is 1. The van der Waals surface area contributed by atoms with Crippen molar-refractivity contribution in [3.05, 3.63) is 66.2 Å². The van der Waals surface area contributed by atoms with Crippen molar-refractivity contribution in [2.75, 3.05) is 29.9 Å². The van der Waals surface area contributed by atoms with E-state index in [0.29, 0.717) is 72.1 Å². The van der Waals surface area contributed by atoms with Crippen molar-refractivity contribution in [1.82, 2.24) is 20.3 Å². The fourth-order valence-corrected chi connectivity index (χ4v) is 5.99. The molecule has 2 N–H and O–H groups in total. The lowest BCUT2D eigenvalue weighted by Crippen LogP contribution is -2.50. The van der Waals surface area contributed by atoms with Gasteiger partial charge in [0.1, 0.15) is 17.2 Å². The van der Waals surface area contributed by atoms with Crippen LogP contribution in [0.15, 0.2) is 54.9 Å². The van der Waals surface area contributed by atoms with Crippen LogP contribution in [0.4, 0.5) is 20.4 Å². The number of aryl methyl sites for hydroxylation is 1. The highest BCUT2D eigenvalue weighted by Crippen LogP contribution is 2.42. The molecule has 2 aromatic carbocycles. The number of halogens is 2. The summed E-state index contributed by atoms with van der Waals surface area (Å²) in [6, 6.07) is 12.0. The lowest BCUT2D eigenvalue weighted by Gasteiger charge is -2.33. The number of piperidine rings is 1. The molecule has 2 saturated heterocycles. The van der Waals surface area contributed by atoms with Crippen LogP contribution < -0.4 is 20.3 Å². The normalized spacial score (nSPS) is 22.5. The largest absolute Gasteiger partial charge is 0.437 e. The molecule has 6 rings (SSSR count). The summed E-state index contributed by atoms with van der Waals surface area (Å²) in [6.45, 7) is 6.89. The minimum absolute atomic E-state index is 0.0488. The first kappa shape index (κ1) is 28.0. The van der Waals surface area contributed by atoms with Gasteiger partial charge in [-0.25, -0.2) is 23.7 Å².